The average molecular weight is 417 g/mol. The van der Waals surface area contributed by atoms with E-state index in [0.717, 1.165) is 35.2 Å². The van der Waals surface area contributed by atoms with E-state index in [-0.39, 0.29) is 32.3 Å². The minimum Gasteiger partial charge on any atom is -0.302 e. The number of nitrogens with one attached hydrogen (secondary N) is 1. The molecule has 1 N–H and O–H groups in total. The predicted octanol–water partition coefficient (Wildman–Crippen LogP) is 3.46. The number of amides is 1. The molecule has 1 amide bonds. The lowest BCUT2D eigenvalue weighted by molar-refractivity contribution is -0.384. The number of carbonyl (C=O) groups is 1. The minimum absolute atomic E-state index is 0.0558. The number of hydrogen-bond acceptors (Lipinski definition) is 7. The van der Waals surface area contributed by atoms with Gasteiger partial charge in [0.1, 0.15) is 4.21 Å². The maximum atomic E-state index is 12.6. The third-order valence-corrected chi connectivity index (χ3v) is 6.98. The molecule has 3 aromatic rings. The summed E-state index contributed by atoms with van der Waals surface area (Å²) in [5.74, 6) is -0.266. The van der Waals surface area contributed by atoms with Crippen molar-refractivity contribution in [3.8, 4) is 0 Å². The lowest BCUT2D eigenvalue weighted by atomic mass is 10.1. The van der Waals surface area contributed by atoms with E-state index in [2.05, 4.69) is 10.3 Å². The van der Waals surface area contributed by atoms with Gasteiger partial charge in [-0.15, -0.1) is 0 Å². The molecule has 0 spiro atoms. The molecule has 3 rings (SSSR count). The van der Waals surface area contributed by atoms with Gasteiger partial charge in [0.25, 0.3) is 5.69 Å². The van der Waals surface area contributed by atoms with E-state index in [9.17, 15) is 23.3 Å². The summed E-state index contributed by atoms with van der Waals surface area (Å²) in [6, 6.07) is 14.1. The number of thiazole rings is 1. The smallest absolute Gasteiger partial charge is 0.269 e. The van der Waals surface area contributed by atoms with Crippen molar-refractivity contribution in [3.63, 3.8) is 0 Å². The number of aryl methyl sites for hydroxylation is 1. The van der Waals surface area contributed by atoms with Crippen LogP contribution in [0.4, 0.5) is 10.8 Å². The van der Waals surface area contributed by atoms with Gasteiger partial charge in [-0.25, -0.2) is 13.4 Å². The quantitative estimate of drug-likeness (QED) is 0.464. The summed E-state index contributed by atoms with van der Waals surface area (Å²) in [5, 5.41) is 13.5. The molecular formula is C18H15N3O5S2. The van der Waals surface area contributed by atoms with Gasteiger partial charge in [0.05, 0.1) is 16.0 Å². The molecule has 2 aromatic carbocycles. The van der Waals surface area contributed by atoms with E-state index in [1.54, 1.807) is 0 Å². The second-order valence-corrected chi connectivity index (χ2v) is 8.98. The Morgan fingerprint density at radius 2 is 1.79 bits per heavy atom. The molecule has 28 heavy (non-hydrogen) atoms. The average Bonchev–Trinajstić information content (AvgIpc) is 3.16. The number of aromatic nitrogens is 1. The van der Waals surface area contributed by atoms with Gasteiger partial charge in [0.15, 0.2) is 5.13 Å². The van der Waals surface area contributed by atoms with Crippen LogP contribution in [0, 0.1) is 10.1 Å². The van der Waals surface area contributed by atoms with Crippen LogP contribution < -0.4 is 5.32 Å². The summed E-state index contributed by atoms with van der Waals surface area (Å²) in [4.78, 5) is 26.0. The number of hydrogen-bond donors (Lipinski definition) is 1. The highest BCUT2D eigenvalue weighted by atomic mass is 32.2. The minimum atomic E-state index is -3.87. The number of nitro benzene ring substituents is 1. The largest absolute Gasteiger partial charge is 0.302 e. The van der Waals surface area contributed by atoms with Crippen molar-refractivity contribution in [2.75, 3.05) is 5.32 Å². The molecule has 0 saturated heterocycles. The third kappa shape index (κ3) is 4.59. The van der Waals surface area contributed by atoms with Crippen molar-refractivity contribution >= 4 is 37.9 Å². The van der Waals surface area contributed by atoms with Crippen molar-refractivity contribution in [1.29, 1.82) is 0 Å². The molecule has 0 atom stereocenters. The summed E-state index contributed by atoms with van der Waals surface area (Å²) >= 11 is 0.830. The summed E-state index contributed by atoms with van der Waals surface area (Å²) in [6.45, 7) is 0. The van der Waals surface area contributed by atoms with Crippen LogP contribution in [-0.4, -0.2) is 24.2 Å². The van der Waals surface area contributed by atoms with Gasteiger partial charge < -0.3 is 5.32 Å². The second kappa shape index (κ2) is 8.28. The Morgan fingerprint density at radius 1 is 1.11 bits per heavy atom. The molecule has 1 aromatic heterocycles. The summed E-state index contributed by atoms with van der Waals surface area (Å²) in [7, 11) is -3.87. The molecule has 10 heteroatoms. The zero-order valence-corrected chi connectivity index (χ0v) is 16.1. The van der Waals surface area contributed by atoms with Crippen LogP contribution in [0.25, 0.3) is 0 Å². The first-order valence-corrected chi connectivity index (χ1v) is 10.5. The van der Waals surface area contributed by atoms with E-state index in [0.29, 0.717) is 6.42 Å². The van der Waals surface area contributed by atoms with E-state index in [1.165, 1.54) is 12.1 Å². The monoisotopic (exact) mass is 417 g/mol. The predicted molar refractivity (Wildman–Crippen MR) is 104 cm³/mol. The fourth-order valence-electron chi connectivity index (χ4n) is 2.39. The van der Waals surface area contributed by atoms with Gasteiger partial charge in [-0.2, -0.15) is 0 Å². The normalized spacial score (nSPS) is 11.1. The zero-order chi connectivity index (χ0) is 20.1. The first-order valence-electron chi connectivity index (χ1n) is 8.15. The Morgan fingerprint density at radius 3 is 2.43 bits per heavy atom. The van der Waals surface area contributed by atoms with Crippen LogP contribution >= 0.6 is 11.3 Å². The van der Waals surface area contributed by atoms with Crippen molar-refractivity contribution in [2.45, 2.75) is 21.9 Å². The first-order chi connectivity index (χ1) is 13.4. The van der Waals surface area contributed by atoms with Gasteiger partial charge in [-0.05, 0) is 24.1 Å². The summed E-state index contributed by atoms with van der Waals surface area (Å²) < 4.78 is 25.2. The van der Waals surface area contributed by atoms with Crippen molar-refractivity contribution < 1.29 is 18.1 Å². The number of nitrogens with zero attached hydrogens (tertiary/aromatic N) is 2. The molecule has 0 aliphatic carbocycles. The van der Waals surface area contributed by atoms with Crippen molar-refractivity contribution in [1.82, 2.24) is 4.98 Å². The highest BCUT2D eigenvalue weighted by Gasteiger charge is 2.22. The third-order valence-electron chi connectivity index (χ3n) is 3.84. The van der Waals surface area contributed by atoms with Crippen LogP contribution in [0.3, 0.4) is 0 Å². The topological polar surface area (TPSA) is 119 Å². The maximum absolute atomic E-state index is 12.6. The zero-order valence-electron chi connectivity index (χ0n) is 14.4. The number of anilines is 1. The number of sulfone groups is 1. The lowest BCUT2D eigenvalue weighted by Gasteiger charge is -2.02. The molecule has 144 valence electrons. The second-order valence-electron chi connectivity index (χ2n) is 5.77. The SMILES string of the molecule is O=C(CCc1ccccc1)Nc1ncc(S(=O)(=O)c2ccc([N+](=O)[O-])cc2)s1. The molecule has 0 radical (unpaired) electrons. The summed E-state index contributed by atoms with van der Waals surface area (Å²) in [6.07, 6.45) is 1.97. The Kier molecular flexibility index (Phi) is 5.81. The Bertz CT molecular complexity index is 1090. The number of nitro groups is 1. The molecule has 0 fully saturated rings. The van der Waals surface area contributed by atoms with Crippen LogP contribution in [0.15, 0.2) is 69.9 Å². The molecule has 0 unspecified atom stereocenters. The number of rotatable bonds is 7. The van der Waals surface area contributed by atoms with Crippen molar-refractivity contribution in [3.05, 3.63) is 76.5 Å². The molecular weight excluding hydrogens is 402 g/mol. The van der Waals surface area contributed by atoms with Crippen LogP contribution in [-0.2, 0) is 21.1 Å². The Labute approximate surface area is 164 Å². The molecule has 8 nitrogen and oxygen atoms in total. The lowest BCUT2D eigenvalue weighted by Crippen LogP contribution is -2.11. The fraction of sp³-hybridized carbons (Fsp3) is 0.111. The first kappa shape index (κ1) is 19.6. The number of non-ortho nitro benzene ring substituents is 1. The Hall–Kier alpha value is -3.11. The van der Waals surface area contributed by atoms with Gasteiger partial charge in [0.2, 0.25) is 15.7 Å². The highest BCUT2D eigenvalue weighted by Crippen LogP contribution is 2.29. The van der Waals surface area contributed by atoms with Gasteiger partial charge in [-0.3, -0.25) is 14.9 Å². The summed E-state index contributed by atoms with van der Waals surface area (Å²) in [5.41, 5.74) is 0.827. The van der Waals surface area contributed by atoms with Crippen molar-refractivity contribution in [2.24, 2.45) is 0 Å². The van der Waals surface area contributed by atoms with E-state index in [1.807, 2.05) is 30.3 Å². The fourth-order valence-corrected chi connectivity index (χ4v) is 4.84. The van der Waals surface area contributed by atoms with Crippen LogP contribution in [0.2, 0.25) is 0 Å². The number of benzene rings is 2. The van der Waals surface area contributed by atoms with Gasteiger partial charge in [-0.1, -0.05) is 41.7 Å². The highest BCUT2D eigenvalue weighted by molar-refractivity contribution is 7.93. The Balaban J connectivity index is 1.67. The number of carbonyl (C=O) groups excluding carboxylic acids is 1. The van der Waals surface area contributed by atoms with Crippen LogP contribution in [0.5, 0.6) is 0 Å². The molecule has 0 saturated carbocycles. The molecule has 0 bridgehead atoms. The standard InChI is InChI=1S/C18H15N3O5S2/c22-16(11-6-13-4-2-1-3-5-13)20-18-19-12-17(27-18)28(25,26)15-9-7-14(8-10-15)21(23)24/h1-5,7-10,12H,6,11H2,(H,19,20,22). The van der Waals surface area contributed by atoms with Crippen LogP contribution in [0.1, 0.15) is 12.0 Å². The van der Waals surface area contributed by atoms with E-state index in [4.69, 9.17) is 0 Å². The maximum Gasteiger partial charge on any atom is 0.269 e. The van der Waals surface area contributed by atoms with Gasteiger partial charge in [0, 0.05) is 18.6 Å². The van der Waals surface area contributed by atoms with Gasteiger partial charge >= 0.3 is 0 Å². The van der Waals surface area contributed by atoms with E-state index >= 15 is 0 Å². The molecule has 0 aliphatic heterocycles. The molecule has 0 aliphatic rings. The molecule has 1 heterocycles. The van der Waals surface area contributed by atoms with E-state index < -0.39 is 14.8 Å².